The van der Waals surface area contributed by atoms with Gasteiger partial charge < -0.3 is 14.7 Å². The minimum atomic E-state index is -4.86. The van der Waals surface area contributed by atoms with Crippen molar-refractivity contribution in [2.75, 3.05) is 19.6 Å². The van der Waals surface area contributed by atoms with E-state index in [9.17, 15) is 31.5 Å². The van der Waals surface area contributed by atoms with E-state index in [1.54, 1.807) is 11.8 Å². The molecular weight excluding hydrogens is 389 g/mol. The molecule has 1 amide bonds. The number of halogens is 3. The number of nitrogens with one attached hydrogen (secondary N) is 1. The summed E-state index contributed by atoms with van der Waals surface area (Å²) in [6.07, 6.45) is -4.73. The Morgan fingerprint density at radius 3 is 2.52 bits per heavy atom. The van der Waals surface area contributed by atoms with Gasteiger partial charge in [0.15, 0.2) is 0 Å². The number of rotatable bonds is 7. The average molecular weight is 410 g/mol. The van der Waals surface area contributed by atoms with Crippen molar-refractivity contribution in [1.29, 1.82) is 0 Å². The summed E-state index contributed by atoms with van der Waals surface area (Å²) in [6, 6.07) is 3.76. The number of likely N-dealkylation sites (tertiary alicyclic amines) is 1. The number of ether oxygens (including phenoxy) is 1. The van der Waals surface area contributed by atoms with E-state index in [4.69, 9.17) is 0 Å². The molecule has 0 unspecified atom stereocenters. The number of alkyl halides is 3. The molecule has 27 heavy (non-hydrogen) atoms. The number of hydrogen-bond acceptors (Lipinski definition) is 5. The first kappa shape index (κ1) is 21.5. The number of carbonyl (C=O) groups excluding carboxylic acids is 1. The smallest absolute Gasteiger partial charge is 0.406 e. The zero-order valence-corrected chi connectivity index (χ0v) is 15.4. The third-order valence-electron chi connectivity index (χ3n) is 4.26. The molecule has 1 aliphatic heterocycles. The van der Waals surface area contributed by atoms with Crippen LogP contribution in [0, 0.1) is 5.92 Å². The van der Waals surface area contributed by atoms with Crippen LogP contribution in [0.3, 0.4) is 0 Å². The lowest BCUT2D eigenvalue weighted by molar-refractivity contribution is -0.274. The summed E-state index contributed by atoms with van der Waals surface area (Å²) in [7, 11) is -3.96. The first-order valence-electron chi connectivity index (χ1n) is 8.29. The van der Waals surface area contributed by atoms with E-state index in [-0.39, 0.29) is 29.7 Å². The van der Waals surface area contributed by atoms with E-state index in [0.717, 1.165) is 24.3 Å². The van der Waals surface area contributed by atoms with E-state index in [1.807, 2.05) is 0 Å². The van der Waals surface area contributed by atoms with Gasteiger partial charge in [0, 0.05) is 32.0 Å². The quantitative estimate of drug-likeness (QED) is 0.710. The Morgan fingerprint density at radius 1 is 1.37 bits per heavy atom. The summed E-state index contributed by atoms with van der Waals surface area (Å²) >= 11 is 0. The van der Waals surface area contributed by atoms with Gasteiger partial charge in [0.2, 0.25) is 15.9 Å². The first-order valence-corrected chi connectivity index (χ1v) is 9.77. The van der Waals surface area contributed by atoms with Gasteiger partial charge in [0.1, 0.15) is 5.75 Å². The third kappa shape index (κ3) is 6.36. The van der Waals surface area contributed by atoms with Gasteiger partial charge in [-0.2, -0.15) is 0 Å². The van der Waals surface area contributed by atoms with Gasteiger partial charge in [0.05, 0.1) is 11.0 Å². The number of hydrogen-bond donors (Lipinski definition) is 2. The van der Waals surface area contributed by atoms with E-state index in [0.29, 0.717) is 19.5 Å². The number of nitrogens with zero attached hydrogens (tertiary/aromatic N) is 1. The molecular formula is C16H21F3N2O5S. The summed E-state index contributed by atoms with van der Waals surface area (Å²) in [5, 5.41) is 9.54. The maximum atomic E-state index is 12.1. The lowest BCUT2D eigenvalue weighted by Gasteiger charge is -2.18. The molecule has 11 heteroatoms. The molecule has 1 saturated heterocycles. The maximum absolute atomic E-state index is 12.1. The van der Waals surface area contributed by atoms with Crippen LogP contribution in [0.25, 0.3) is 0 Å². The molecule has 0 saturated carbocycles. The molecule has 0 radical (unpaired) electrons. The topological polar surface area (TPSA) is 95.9 Å². The van der Waals surface area contributed by atoms with E-state index in [1.165, 1.54) is 0 Å². The molecule has 1 fully saturated rings. The van der Waals surface area contributed by atoms with Crippen molar-refractivity contribution in [2.45, 2.75) is 37.1 Å². The zero-order valence-electron chi connectivity index (χ0n) is 14.6. The van der Waals surface area contributed by atoms with Gasteiger partial charge in [-0.1, -0.05) is 0 Å². The van der Waals surface area contributed by atoms with Crippen LogP contribution >= 0.6 is 0 Å². The Morgan fingerprint density at radius 2 is 2.00 bits per heavy atom. The molecule has 1 heterocycles. The van der Waals surface area contributed by atoms with Crippen LogP contribution in [0.4, 0.5) is 13.2 Å². The molecule has 0 spiro atoms. The Balaban J connectivity index is 1.85. The van der Waals surface area contributed by atoms with Crippen LogP contribution < -0.4 is 9.46 Å². The van der Waals surface area contributed by atoms with Crippen molar-refractivity contribution in [3.05, 3.63) is 24.3 Å². The standard InChI is InChI=1S/C16H21F3N2O5S/c1-11(22)12-7-9-21(10-12)15(23)6-8-20-27(24,25)14-4-2-13(3-5-14)26-16(17,18)19/h2-5,11-12,20,22H,6-10H2,1H3/t11-,12+/m1/s1. The molecule has 1 aromatic carbocycles. The highest BCUT2D eigenvalue weighted by atomic mass is 32.2. The van der Waals surface area contributed by atoms with Gasteiger partial charge in [-0.25, -0.2) is 13.1 Å². The second-order valence-electron chi connectivity index (χ2n) is 6.30. The van der Waals surface area contributed by atoms with Crippen molar-refractivity contribution in [3.63, 3.8) is 0 Å². The molecule has 0 bridgehead atoms. The van der Waals surface area contributed by atoms with Gasteiger partial charge in [-0.3, -0.25) is 4.79 Å². The summed E-state index contributed by atoms with van der Waals surface area (Å²) in [4.78, 5) is 13.4. The maximum Gasteiger partial charge on any atom is 0.573 e. The summed E-state index contributed by atoms with van der Waals surface area (Å²) in [6.45, 7) is 2.47. The van der Waals surface area contributed by atoms with Crippen molar-refractivity contribution in [1.82, 2.24) is 9.62 Å². The molecule has 2 rings (SSSR count). The predicted octanol–water partition coefficient (Wildman–Crippen LogP) is 1.48. The monoisotopic (exact) mass is 410 g/mol. The fourth-order valence-electron chi connectivity index (χ4n) is 2.76. The summed E-state index contributed by atoms with van der Waals surface area (Å²) < 4.78 is 66.5. The molecule has 1 aromatic rings. The van der Waals surface area contributed by atoms with E-state index in [2.05, 4.69) is 9.46 Å². The molecule has 0 aliphatic carbocycles. The lowest BCUT2D eigenvalue weighted by atomic mass is 10.0. The SMILES string of the molecule is C[C@@H](O)[C@H]1CCN(C(=O)CCNS(=O)(=O)c2ccc(OC(F)(F)F)cc2)C1. The highest BCUT2D eigenvalue weighted by Gasteiger charge is 2.31. The minimum absolute atomic E-state index is 0.0167. The molecule has 1 aliphatic rings. The fourth-order valence-corrected chi connectivity index (χ4v) is 3.79. The number of aliphatic hydroxyl groups excluding tert-OH is 1. The Hall–Kier alpha value is -1.85. The van der Waals surface area contributed by atoms with E-state index < -0.39 is 28.2 Å². The van der Waals surface area contributed by atoms with Crippen LogP contribution in [0.5, 0.6) is 5.75 Å². The number of carbonyl (C=O) groups is 1. The van der Waals surface area contributed by atoms with Crippen LogP contribution in [-0.2, 0) is 14.8 Å². The summed E-state index contributed by atoms with van der Waals surface area (Å²) in [5.74, 6) is -0.740. The lowest BCUT2D eigenvalue weighted by Crippen LogP contribution is -2.34. The Kier molecular flexibility index (Phi) is 6.71. The van der Waals surface area contributed by atoms with Gasteiger partial charge in [-0.05, 0) is 37.6 Å². The fraction of sp³-hybridized carbons (Fsp3) is 0.562. The first-order chi connectivity index (χ1) is 12.5. The second-order valence-corrected chi connectivity index (χ2v) is 8.06. The Bertz CT molecular complexity index is 750. The van der Waals surface area contributed by atoms with Crippen LogP contribution in [0.15, 0.2) is 29.2 Å². The highest BCUT2D eigenvalue weighted by Crippen LogP contribution is 2.24. The number of aliphatic hydroxyl groups is 1. The second kappa shape index (κ2) is 8.44. The van der Waals surface area contributed by atoms with Crippen molar-refractivity contribution >= 4 is 15.9 Å². The predicted molar refractivity (Wildman–Crippen MR) is 89.3 cm³/mol. The van der Waals surface area contributed by atoms with Crippen LogP contribution in [0.1, 0.15) is 19.8 Å². The molecule has 0 aromatic heterocycles. The third-order valence-corrected chi connectivity index (χ3v) is 5.74. The zero-order chi connectivity index (χ0) is 20.2. The average Bonchev–Trinajstić information content (AvgIpc) is 3.04. The normalized spacial score (nSPS) is 19.1. The molecule has 7 nitrogen and oxygen atoms in total. The van der Waals surface area contributed by atoms with Gasteiger partial charge >= 0.3 is 6.36 Å². The summed E-state index contributed by atoms with van der Waals surface area (Å²) in [5.41, 5.74) is 0. The van der Waals surface area contributed by atoms with Gasteiger partial charge in [0.25, 0.3) is 0 Å². The minimum Gasteiger partial charge on any atom is -0.406 e. The number of sulfonamides is 1. The number of amides is 1. The van der Waals surface area contributed by atoms with Crippen molar-refractivity contribution < 1.29 is 36.2 Å². The largest absolute Gasteiger partial charge is 0.573 e. The van der Waals surface area contributed by atoms with Gasteiger partial charge in [-0.15, -0.1) is 13.2 Å². The Labute approximate surface area is 155 Å². The molecule has 2 atom stereocenters. The highest BCUT2D eigenvalue weighted by molar-refractivity contribution is 7.89. The van der Waals surface area contributed by atoms with Crippen LogP contribution in [-0.4, -0.2) is 56.4 Å². The van der Waals surface area contributed by atoms with E-state index >= 15 is 0 Å². The van der Waals surface area contributed by atoms with Crippen molar-refractivity contribution in [2.24, 2.45) is 5.92 Å². The van der Waals surface area contributed by atoms with Crippen molar-refractivity contribution in [3.8, 4) is 5.75 Å². The molecule has 2 N–H and O–H groups in total. The number of benzene rings is 1. The van der Waals surface area contributed by atoms with Crippen LogP contribution in [0.2, 0.25) is 0 Å². The molecule has 152 valence electrons.